The summed E-state index contributed by atoms with van der Waals surface area (Å²) in [7, 11) is 2.58. The van der Waals surface area contributed by atoms with Gasteiger partial charge >= 0.3 is 0 Å². The lowest BCUT2D eigenvalue weighted by molar-refractivity contribution is -0.106. The first kappa shape index (κ1) is 16.8. The van der Waals surface area contributed by atoms with Gasteiger partial charge in [-0.05, 0) is 16.7 Å². The van der Waals surface area contributed by atoms with Crippen molar-refractivity contribution in [1.29, 1.82) is 0 Å². The van der Waals surface area contributed by atoms with Gasteiger partial charge in [-0.15, -0.1) is 0 Å². The van der Waals surface area contributed by atoms with Crippen molar-refractivity contribution in [1.82, 2.24) is 4.98 Å². The molecule has 122 valence electrons. The molecule has 0 radical (unpaired) electrons. The van der Waals surface area contributed by atoms with Crippen LogP contribution in [0.2, 0.25) is 0 Å². The molecule has 2 aromatic carbocycles. The van der Waals surface area contributed by atoms with Crippen LogP contribution in [0.1, 0.15) is 11.9 Å². The van der Waals surface area contributed by atoms with Crippen molar-refractivity contribution in [3.8, 4) is 0 Å². The fourth-order valence-electron chi connectivity index (χ4n) is 2.61. The van der Waals surface area contributed by atoms with E-state index < -0.39 is 7.92 Å². The maximum absolute atomic E-state index is 5.30. The molecular weight excluding hydrogens is 317 g/mol. The van der Waals surface area contributed by atoms with Crippen LogP contribution in [0, 0.1) is 0 Å². The molecule has 0 saturated heterocycles. The molecule has 3 nitrogen and oxygen atoms in total. The highest BCUT2D eigenvalue weighted by molar-refractivity contribution is 7.79. The van der Waals surface area contributed by atoms with Crippen molar-refractivity contribution in [3.63, 3.8) is 0 Å². The van der Waals surface area contributed by atoms with Gasteiger partial charge < -0.3 is 9.47 Å². The molecule has 0 spiro atoms. The van der Waals surface area contributed by atoms with Gasteiger partial charge in [-0.2, -0.15) is 0 Å². The zero-order valence-corrected chi connectivity index (χ0v) is 14.7. The standard InChI is InChI=1S/C20H20NO2P/c1-22-20(23-2)16-13-14-19(21-15-16)24(17-9-5-3-6-10-17)18-11-7-4-8-12-18/h3-15,20H,1-2H3. The Morgan fingerprint density at radius 3 is 1.71 bits per heavy atom. The second-order valence-electron chi connectivity index (χ2n) is 5.26. The van der Waals surface area contributed by atoms with Crippen molar-refractivity contribution < 1.29 is 9.47 Å². The van der Waals surface area contributed by atoms with Crippen LogP contribution in [0.4, 0.5) is 0 Å². The molecule has 0 N–H and O–H groups in total. The van der Waals surface area contributed by atoms with Gasteiger partial charge in [-0.25, -0.2) is 0 Å². The predicted octanol–water partition coefficient (Wildman–Crippen LogP) is 3.13. The van der Waals surface area contributed by atoms with E-state index >= 15 is 0 Å². The van der Waals surface area contributed by atoms with Crippen LogP contribution in [0.25, 0.3) is 0 Å². The van der Waals surface area contributed by atoms with E-state index in [0.29, 0.717) is 0 Å². The SMILES string of the molecule is COC(OC)c1ccc(P(c2ccccc2)c2ccccc2)nc1. The van der Waals surface area contributed by atoms with E-state index in [2.05, 4.69) is 54.6 Å². The average Bonchev–Trinajstić information content (AvgIpc) is 2.66. The molecule has 0 aliphatic heterocycles. The summed E-state index contributed by atoms with van der Waals surface area (Å²) in [5.74, 6) is 0. The molecule has 0 amide bonds. The van der Waals surface area contributed by atoms with E-state index in [1.165, 1.54) is 10.6 Å². The van der Waals surface area contributed by atoms with Crippen molar-refractivity contribution in [2.24, 2.45) is 0 Å². The molecule has 0 atom stereocenters. The topological polar surface area (TPSA) is 31.4 Å². The summed E-state index contributed by atoms with van der Waals surface area (Å²) in [5, 5.41) is 2.57. The first-order valence-corrected chi connectivity index (χ1v) is 9.09. The molecule has 1 aromatic heterocycles. The minimum atomic E-state index is -0.679. The Labute approximate surface area is 144 Å². The fourth-order valence-corrected chi connectivity index (χ4v) is 4.77. The molecule has 3 aromatic rings. The van der Waals surface area contributed by atoms with Gasteiger partial charge in [0.1, 0.15) is 0 Å². The summed E-state index contributed by atoms with van der Waals surface area (Å²) in [4.78, 5) is 4.72. The number of hydrogen-bond acceptors (Lipinski definition) is 3. The normalized spacial score (nSPS) is 11.2. The highest BCUT2D eigenvalue weighted by Gasteiger charge is 2.18. The molecule has 0 bridgehead atoms. The molecule has 1 heterocycles. The lowest BCUT2D eigenvalue weighted by atomic mass is 10.3. The smallest absolute Gasteiger partial charge is 0.184 e. The lowest BCUT2D eigenvalue weighted by Gasteiger charge is -2.19. The van der Waals surface area contributed by atoms with Gasteiger partial charge in [0.25, 0.3) is 0 Å². The van der Waals surface area contributed by atoms with Crippen LogP contribution in [-0.4, -0.2) is 19.2 Å². The Balaban J connectivity index is 2.00. The Kier molecular flexibility index (Phi) is 5.71. The van der Waals surface area contributed by atoms with Crippen molar-refractivity contribution >= 4 is 24.0 Å². The zero-order valence-electron chi connectivity index (χ0n) is 13.8. The van der Waals surface area contributed by atoms with Crippen LogP contribution in [0.3, 0.4) is 0 Å². The predicted molar refractivity (Wildman–Crippen MR) is 99.7 cm³/mol. The number of aromatic nitrogens is 1. The van der Waals surface area contributed by atoms with Crippen LogP contribution in [0.5, 0.6) is 0 Å². The molecule has 3 rings (SSSR count). The van der Waals surface area contributed by atoms with Crippen molar-refractivity contribution in [2.75, 3.05) is 14.2 Å². The molecule has 0 fully saturated rings. The number of benzene rings is 2. The maximum Gasteiger partial charge on any atom is 0.184 e. The molecule has 0 aliphatic carbocycles. The zero-order chi connectivity index (χ0) is 16.8. The van der Waals surface area contributed by atoms with E-state index in [4.69, 9.17) is 14.5 Å². The van der Waals surface area contributed by atoms with E-state index in [0.717, 1.165) is 11.0 Å². The van der Waals surface area contributed by atoms with Crippen LogP contribution in [-0.2, 0) is 9.47 Å². The lowest BCUT2D eigenvalue weighted by Crippen LogP contribution is -2.23. The highest BCUT2D eigenvalue weighted by Crippen LogP contribution is 2.32. The molecule has 0 unspecified atom stereocenters. The quantitative estimate of drug-likeness (QED) is 0.512. The summed E-state index contributed by atoms with van der Waals surface area (Å²) in [5.41, 5.74) is 1.98. The van der Waals surface area contributed by atoms with E-state index in [-0.39, 0.29) is 6.29 Å². The minimum Gasteiger partial charge on any atom is -0.352 e. The third-order valence-corrected chi connectivity index (χ3v) is 6.08. The van der Waals surface area contributed by atoms with Gasteiger partial charge in [0.15, 0.2) is 6.29 Å². The molecule has 24 heavy (non-hydrogen) atoms. The van der Waals surface area contributed by atoms with Gasteiger partial charge in [-0.3, -0.25) is 4.98 Å². The van der Waals surface area contributed by atoms with Crippen molar-refractivity contribution in [3.05, 3.63) is 84.6 Å². The monoisotopic (exact) mass is 337 g/mol. The largest absolute Gasteiger partial charge is 0.352 e. The third kappa shape index (κ3) is 3.70. The highest BCUT2D eigenvalue weighted by atomic mass is 31.1. The van der Waals surface area contributed by atoms with Crippen LogP contribution in [0.15, 0.2) is 79.0 Å². The fraction of sp³-hybridized carbons (Fsp3) is 0.150. The average molecular weight is 337 g/mol. The number of pyridine rings is 1. The van der Waals surface area contributed by atoms with Gasteiger partial charge in [-0.1, -0.05) is 66.7 Å². The van der Waals surface area contributed by atoms with Gasteiger partial charge in [0.05, 0.1) is 5.44 Å². The first-order valence-electron chi connectivity index (χ1n) is 7.75. The third-order valence-electron chi connectivity index (χ3n) is 3.73. The number of hydrogen-bond donors (Lipinski definition) is 0. The molecule has 0 aliphatic rings. The molecule has 0 saturated carbocycles. The summed E-state index contributed by atoms with van der Waals surface area (Å²) >= 11 is 0. The number of ether oxygens (including phenoxy) is 2. The van der Waals surface area contributed by atoms with Crippen LogP contribution < -0.4 is 16.0 Å². The minimum absolute atomic E-state index is 0.383. The second-order valence-corrected chi connectivity index (χ2v) is 7.42. The van der Waals surface area contributed by atoms with E-state index in [1.807, 2.05) is 24.4 Å². The van der Waals surface area contributed by atoms with E-state index in [1.54, 1.807) is 14.2 Å². The Morgan fingerprint density at radius 1 is 0.750 bits per heavy atom. The van der Waals surface area contributed by atoms with Gasteiger partial charge in [0, 0.05) is 33.9 Å². The summed E-state index contributed by atoms with van der Waals surface area (Å²) in [6.07, 6.45) is 1.46. The van der Waals surface area contributed by atoms with E-state index in [9.17, 15) is 0 Å². The maximum atomic E-state index is 5.30. The van der Waals surface area contributed by atoms with Gasteiger partial charge in [0.2, 0.25) is 0 Å². The Bertz CT molecular complexity index is 704. The summed E-state index contributed by atoms with van der Waals surface area (Å²) < 4.78 is 10.6. The number of rotatable bonds is 6. The first-order chi connectivity index (χ1) is 11.8. The number of methoxy groups -OCH3 is 2. The van der Waals surface area contributed by atoms with Crippen LogP contribution >= 0.6 is 7.92 Å². The van der Waals surface area contributed by atoms with Crippen molar-refractivity contribution in [2.45, 2.75) is 6.29 Å². The molecular formula is C20H20NO2P. The molecule has 4 heteroatoms. The Hall–Kier alpha value is -2.06. The second kappa shape index (κ2) is 8.16. The Morgan fingerprint density at radius 2 is 1.29 bits per heavy atom. The summed E-state index contributed by atoms with van der Waals surface area (Å²) in [6.45, 7) is 0. The summed E-state index contributed by atoms with van der Waals surface area (Å²) in [6, 6.07) is 25.2. The number of nitrogens with zero attached hydrogens (tertiary/aromatic N) is 1.